The van der Waals surface area contributed by atoms with Crippen molar-refractivity contribution < 1.29 is 14.3 Å². The quantitative estimate of drug-likeness (QED) is 0.386. The second kappa shape index (κ2) is 15.1. The van der Waals surface area contributed by atoms with E-state index in [1.54, 1.807) is 31.2 Å². The van der Waals surface area contributed by atoms with Gasteiger partial charge in [-0.05, 0) is 55.3 Å². The summed E-state index contributed by atoms with van der Waals surface area (Å²) >= 11 is 0. The lowest BCUT2D eigenvalue weighted by Crippen LogP contribution is -2.49. The molecular weight excluding hydrogens is 424 g/mol. The number of rotatable bonds is 8. The Kier molecular flexibility index (Phi) is 12.6. The molecule has 3 aromatic carbocycles. The molecule has 0 bridgehead atoms. The second-order valence-electron chi connectivity index (χ2n) is 7.10. The van der Waals surface area contributed by atoms with Gasteiger partial charge >= 0.3 is 0 Å². The molecule has 0 saturated heterocycles. The highest BCUT2D eigenvalue weighted by Gasteiger charge is 2.28. The average molecular weight is 461 g/mol. The van der Waals surface area contributed by atoms with Gasteiger partial charge in [0.2, 0.25) is 0 Å². The van der Waals surface area contributed by atoms with Crippen molar-refractivity contribution in [3.05, 3.63) is 90.0 Å². The van der Waals surface area contributed by atoms with Crippen LogP contribution < -0.4 is 14.8 Å². The third kappa shape index (κ3) is 8.63. The van der Waals surface area contributed by atoms with Crippen molar-refractivity contribution in [2.24, 2.45) is 0 Å². The lowest BCUT2D eigenvalue weighted by atomic mass is 10.0. The Labute approximate surface area is 204 Å². The van der Waals surface area contributed by atoms with Crippen LogP contribution in [0.3, 0.4) is 0 Å². The van der Waals surface area contributed by atoms with Crippen LogP contribution in [0.4, 0.5) is 0 Å². The van der Waals surface area contributed by atoms with Gasteiger partial charge in [0.25, 0.3) is 5.91 Å². The van der Waals surface area contributed by atoms with Gasteiger partial charge in [0, 0.05) is 5.56 Å². The molecule has 0 spiro atoms. The summed E-state index contributed by atoms with van der Waals surface area (Å²) in [5.41, 5.74) is 0.440. The predicted molar refractivity (Wildman–Crippen MR) is 138 cm³/mol. The summed E-state index contributed by atoms with van der Waals surface area (Å²) in [5, 5.41) is 12.4. The number of carbonyl (C=O) groups is 1. The summed E-state index contributed by atoms with van der Waals surface area (Å²) in [6, 6.07) is 26.1. The Balaban J connectivity index is 0.00000137. The lowest BCUT2D eigenvalue weighted by Gasteiger charge is -2.24. The Bertz CT molecular complexity index is 1030. The molecule has 1 N–H and O–H groups in total. The summed E-state index contributed by atoms with van der Waals surface area (Å²) < 4.78 is 11.8. The number of nitrogens with one attached hydrogen (secondary N) is 1. The monoisotopic (exact) mass is 460 g/mol. The number of nitrogens with zero attached hydrogens (tertiary/aromatic N) is 1. The minimum Gasteiger partial charge on any atom is -0.486 e. The summed E-state index contributed by atoms with van der Waals surface area (Å²) in [6.45, 7) is 11.7. The number of benzene rings is 3. The summed E-state index contributed by atoms with van der Waals surface area (Å²) in [6.07, 6.45) is 0.899. The molecule has 3 rings (SSSR count). The van der Waals surface area contributed by atoms with Crippen molar-refractivity contribution in [3.8, 4) is 23.3 Å². The van der Waals surface area contributed by atoms with Crippen LogP contribution in [-0.4, -0.2) is 18.1 Å². The number of hydrogen-bond donors (Lipinski definition) is 1. The first-order chi connectivity index (χ1) is 16.5. The maximum absolute atomic E-state index is 12.6. The summed E-state index contributed by atoms with van der Waals surface area (Å²) in [5.74, 6) is 1.38. The Morgan fingerprint density at radius 3 is 2.00 bits per heavy atom. The van der Waals surface area contributed by atoms with Gasteiger partial charge in [0.15, 0.2) is 17.0 Å². The molecule has 0 heterocycles. The number of amides is 1. The molecule has 0 aromatic heterocycles. The van der Waals surface area contributed by atoms with Gasteiger partial charge in [-0.25, -0.2) is 0 Å². The zero-order chi connectivity index (χ0) is 25.4. The molecule has 1 atom stereocenters. The molecule has 1 unspecified atom stereocenters. The zero-order valence-corrected chi connectivity index (χ0v) is 21.1. The smallest absolute Gasteiger partial charge is 0.252 e. The van der Waals surface area contributed by atoms with Crippen molar-refractivity contribution in [2.45, 2.75) is 53.5 Å². The van der Waals surface area contributed by atoms with Crippen LogP contribution >= 0.6 is 0 Å². The first kappa shape index (κ1) is 28.3. The summed E-state index contributed by atoms with van der Waals surface area (Å²) in [7, 11) is 0. The standard InChI is InChI=1S/C25H24N2O3.2C2H6/c1-3-19-13-15-20(16-14-19)24(28)27-25(2,17-26)18-29-22-11-7-8-12-23(22)30-21-9-5-4-6-10-21;2*1-2/h4-16H,3,18H2,1-2H3,(H,27,28);2*1-2H3. The average Bonchev–Trinajstić information content (AvgIpc) is 2.91. The van der Waals surface area contributed by atoms with Crippen LogP contribution in [-0.2, 0) is 6.42 Å². The van der Waals surface area contributed by atoms with Gasteiger partial charge in [-0.2, -0.15) is 5.26 Å². The van der Waals surface area contributed by atoms with Crippen LogP contribution in [0.5, 0.6) is 17.2 Å². The summed E-state index contributed by atoms with van der Waals surface area (Å²) in [4.78, 5) is 12.6. The Morgan fingerprint density at radius 1 is 0.882 bits per heavy atom. The fraction of sp³-hybridized carbons (Fsp3) is 0.310. The first-order valence-corrected chi connectivity index (χ1v) is 11.8. The maximum atomic E-state index is 12.6. The molecule has 1 amide bonds. The molecule has 0 aliphatic rings. The molecule has 0 aliphatic carbocycles. The normalized spacial score (nSPS) is 11.2. The third-order valence-electron chi connectivity index (χ3n) is 4.60. The molecule has 5 nitrogen and oxygen atoms in total. The number of aryl methyl sites for hydroxylation is 1. The van der Waals surface area contributed by atoms with E-state index < -0.39 is 5.54 Å². The van der Waals surface area contributed by atoms with Gasteiger partial charge in [0.05, 0.1) is 6.07 Å². The van der Waals surface area contributed by atoms with Gasteiger partial charge in [-0.3, -0.25) is 4.79 Å². The highest BCUT2D eigenvalue weighted by Crippen LogP contribution is 2.31. The fourth-order valence-corrected chi connectivity index (χ4v) is 2.80. The molecule has 180 valence electrons. The third-order valence-corrected chi connectivity index (χ3v) is 4.60. The van der Waals surface area contributed by atoms with Crippen molar-refractivity contribution >= 4 is 5.91 Å². The van der Waals surface area contributed by atoms with Crippen molar-refractivity contribution in [1.29, 1.82) is 5.26 Å². The number of hydrogen-bond acceptors (Lipinski definition) is 4. The molecule has 34 heavy (non-hydrogen) atoms. The van der Waals surface area contributed by atoms with Crippen LogP contribution in [0.1, 0.15) is 57.5 Å². The number of para-hydroxylation sites is 3. The predicted octanol–water partition coefficient (Wildman–Crippen LogP) is 7.18. The number of nitriles is 1. The van der Waals surface area contributed by atoms with Gasteiger partial charge < -0.3 is 14.8 Å². The number of ether oxygens (including phenoxy) is 2. The van der Waals surface area contributed by atoms with Gasteiger partial charge in [-0.1, -0.05) is 77.1 Å². The van der Waals surface area contributed by atoms with Crippen molar-refractivity contribution in [3.63, 3.8) is 0 Å². The largest absolute Gasteiger partial charge is 0.486 e. The van der Waals surface area contributed by atoms with Crippen molar-refractivity contribution in [2.75, 3.05) is 6.61 Å². The fourth-order valence-electron chi connectivity index (χ4n) is 2.80. The van der Waals surface area contributed by atoms with E-state index in [4.69, 9.17) is 9.47 Å². The Morgan fingerprint density at radius 2 is 1.44 bits per heavy atom. The van der Waals surface area contributed by atoms with Crippen LogP contribution in [0, 0.1) is 11.3 Å². The van der Waals surface area contributed by atoms with Gasteiger partial charge in [0.1, 0.15) is 12.4 Å². The lowest BCUT2D eigenvalue weighted by molar-refractivity contribution is 0.0900. The van der Waals surface area contributed by atoms with E-state index in [9.17, 15) is 10.1 Å². The van der Waals surface area contributed by atoms with Gasteiger partial charge in [-0.15, -0.1) is 0 Å². The Hall–Kier alpha value is -3.78. The van der Waals surface area contributed by atoms with E-state index in [1.807, 2.05) is 82.3 Å². The van der Waals surface area contributed by atoms with E-state index in [-0.39, 0.29) is 12.5 Å². The molecule has 5 heteroatoms. The molecule has 0 radical (unpaired) electrons. The molecule has 0 saturated carbocycles. The van der Waals surface area contributed by atoms with Crippen LogP contribution in [0.15, 0.2) is 78.9 Å². The van der Waals surface area contributed by atoms with E-state index in [0.29, 0.717) is 22.8 Å². The highest BCUT2D eigenvalue weighted by atomic mass is 16.5. The van der Waals surface area contributed by atoms with Crippen LogP contribution in [0.25, 0.3) is 0 Å². The zero-order valence-electron chi connectivity index (χ0n) is 21.1. The topological polar surface area (TPSA) is 71.4 Å². The molecule has 3 aromatic rings. The maximum Gasteiger partial charge on any atom is 0.252 e. The van der Waals surface area contributed by atoms with E-state index in [2.05, 4.69) is 18.3 Å². The van der Waals surface area contributed by atoms with E-state index >= 15 is 0 Å². The minimum atomic E-state index is -1.21. The highest BCUT2D eigenvalue weighted by molar-refractivity contribution is 5.95. The second-order valence-corrected chi connectivity index (χ2v) is 7.10. The van der Waals surface area contributed by atoms with Crippen LogP contribution in [0.2, 0.25) is 0 Å². The van der Waals surface area contributed by atoms with Crippen molar-refractivity contribution in [1.82, 2.24) is 5.32 Å². The first-order valence-electron chi connectivity index (χ1n) is 11.8. The molecular formula is C29H36N2O3. The van der Waals surface area contributed by atoms with E-state index in [0.717, 1.165) is 12.0 Å². The molecule has 0 fully saturated rings. The SMILES string of the molecule is CC.CC.CCc1ccc(C(=O)NC(C)(C#N)COc2ccccc2Oc2ccccc2)cc1. The minimum absolute atomic E-state index is 0.0303. The van der Waals surface area contributed by atoms with E-state index in [1.165, 1.54) is 0 Å². The molecule has 0 aliphatic heterocycles. The number of carbonyl (C=O) groups excluding carboxylic acids is 1.